The number of fused-ring (bicyclic) bond motifs is 1. The number of amides is 2. The van der Waals surface area contributed by atoms with Crippen molar-refractivity contribution in [3.8, 4) is 11.5 Å². The first-order valence-electron chi connectivity index (χ1n) is 10.9. The van der Waals surface area contributed by atoms with E-state index in [1.807, 2.05) is 31.2 Å². The molecule has 2 heterocycles. The van der Waals surface area contributed by atoms with Crippen LogP contribution in [0.25, 0.3) is 0 Å². The van der Waals surface area contributed by atoms with E-state index in [0.29, 0.717) is 29.8 Å². The number of nitrogens with one attached hydrogen (secondary N) is 1. The Balaban J connectivity index is 1.85. The summed E-state index contributed by atoms with van der Waals surface area (Å²) in [5.41, 5.74) is 2.93. The Bertz CT molecular complexity index is 1070. The van der Waals surface area contributed by atoms with Crippen LogP contribution in [-0.2, 0) is 6.42 Å². The van der Waals surface area contributed by atoms with Gasteiger partial charge in [0.1, 0.15) is 5.71 Å². The number of hydrazone groups is 1. The quantitative estimate of drug-likeness (QED) is 0.739. The number of halogens is 1. The lowest BCUT2D eigenvalue weighted by Gasteiger charge is -2.22. The van der Waals surface area contributed by atoms with E-state index in [2.05, 4.69) is 15.3 Å². The van der Waals surface area contributed by atoms with Crippen molar-refractivity contribution in [2.45, 2.75) is 31.9 Å². The highest BCUT2D eigenvalue weighted by molar-refractivity contribution is 6.15. The fourth-order valence-electron chi connectivity index (χ4n) is 4.45. The van der Waals surface area contributed by atoms with Crippen LogP contribution in [-0.4, -0.2) is 68.4 Å². The van der Waals surface area contributed by atoms with E-state index in [1.165, 1.54) is 26.3 Å². The minimum absolute atomic E-state index is 0.00679. The Morgan fingerprint density at radius 2 is 1.97 bits per heavy atom. The third-order valence-electron chi connectivity index (χ3n) is 6.16. The van der Waals surface area contributed by atoms with Gasteiger partial charge in [-0.05, 0) is 43.5 Å². The number of anilines is 1. The SMILES string of the molecule is CNC(=O)N1N=C(c2ccc(N3CC[C@@H](O)C3)cc2)c2c(cc(OC)c(OC)c2F)CC1C. The number of nitrogens with zero attached hydrogens (tertiary/aromatic N) is 3. The number of hydrogen-bond donors (Lipinski definition) is 2. The van der Waals surface area contributed by atoms with Crippen LogP contribution in [0.1, 0.15) is 30.0 Å². The Labute approximate surface area is 192 Å². The number of hydrogen-bond acceptors (Lipinski definition) is 6. The molecule has 0 saturated carbocycles. The highest BCUT2D eigenvalue weighted by Crippen LogP contribution is 2.38. The van der Waals surface area contributed by atoms with Crippen LogP contribution in [0.3, 0.4) is 0 Å². The summed E-state index contributed by atoms with van der Waals surface area (Å²) in [6, 6.07) is 8.61. The lowest BCUT2D eigenvalue weighted by Crippen LogP contribution is -2.41. The maximum atomic E-state index is 15.8. The first-order valence-corrected chi connectivity index (χ1v) is 10.9. The van der Waals surface area contributed by atoms with Gasteiger partial charge in [-0.3, -0.25) is 0 Å². The van der Waals surface area contributed by atoms with Crippen molar-refractivity contribution < 1.29 is 23.8 Å². The Kier molecular flexibility index (Phi) is 6.42. The molecule has 1 saturated heterocycles. The molecule has 0 aromatic heterocycles. The molecule has 2 aliphatic heterocycles. The Hall–Kier alpha value is -3.33. The number of β-amino-alcohol motifs (C(OH)–C–C–N with tert-alkyl or cyclic N) is 1. The molecule has 2 N–H and O–H groups in total. The summed E-state index contributed by atoms with van der Waals surface area (Å²) in [7, 11) is 4.39. The molecule has 0 aliphatic carbocycles. The van der Waals surface area contributed by atoms with Gasteiger partial charge in [0.15, 0.2) is 17.3 Å². The summed E-state index contributed by atoms with van der Waals surface area (Å²) in [6.07, 6.45) is 0.784. The summed E-state index contributed by atoms with van der Waals surface area (Å²) in [5, 5.41) is 18.4. The average Bonchev–Trinajstić information content (AvgIpc) is 3.19. The fraction of sp³-hybridized carbons (Fsp3) is 0.417. The second-order valence-electron chi connectivity index (χ2n) is 8.30. The molecule has 0 radical (unpaired) electrons. The molecule has 2 aromatic rings. The zero-order valence-electron chi connectivity index (χ0n) is 19.3. The maximum Gasteiger partial charge on any atom is 0.337 e. The second-order valence-corrected chi connectivity index (χ2v) is 8.30. The van der Waals surface area contributed by atoms with Crippen molar-refractivity contribution in [3.63, 3.8) is 0 Å². The van der Waals surface area contributed by atoms with Gasteiger partial charge < -0.3 is 24.8 Å². The van der Waals surface area contributed by atoms with Crippen LogP contribution in [0, 0.1) is 5.82 Å². The van der Waals surface area contributed by atoms with Crippen LogP contribution in [0.2, 0.25) is 0 Å². The van der Waals surface area contributed by atoms with E-state index < -0.39 is 5.82 Å². The van der Waals surface area contributed by atoms with E-state index in [4.69, 9.17) is 9.47 Å². The molecule has 0 spiro atoms. The number of aliphatic hydroxyl groups excluding tert-OH is 1. The summed E-state index contributed by atoms with van der Waals surface area (Å²) in [4.78, 5) is 14.7. The number of urea groups is 1. The molecule has 1 unspecified atom stereocenters. The molecule has 33 heavy (non-hydrogen) atoms. The first kappa shape index (κ1) is 22.8. The Morgan fingerprint density at radius 3 is 2.55 bits per heavy atom. The number of carbonyl (C=O) groups excluding carboxylic acids is 1. The lowest BCUT2D eigenvalue weighted by molar-refractivity contribution is 0.184. The van der Waals surface area contributed by atoms with Crippen molar-refractivity contribution in [2.24, 2.45) is 5.10 Å². The predicted octanol–water partition coefficient (Wildman–Crippen LogP) is 2.75. The van der Waals surface area contributed by atoms with Crippen molar-refractivity contribution in [3.05, 3.63) is 52.8 Å². The van der Waals surface area contributed by atoms with Gasteiger partial charge in [-0.25, -0.2) is 14.2 Å². The van der Waals surface area contributed by atoms with Crippen molar-refractivity contribution in [1.29, 1.82) is 0 Å². The molecule has 4 rings (SSSR count). The number of methoxy groups -OCH3 is 2. The largest absolute Gasteiger partial charge is 0.493 e. The van der Waals surface area contributed by atoms with E-state index in [-0.39, 0.29) is 35.2 Å². The number of benzene rings is 2. The van der Waals surface area contributed by atoms with Gasteiger partial charge in [0, 0.05) is 37.0 Å². The third-order valence-corrected chi connectivity index (χ3v) is 6.16. The van der Waals surface area contributed by atoms with Crippen LogP contribution in [0.4, 0.5) is 14.9 Å². The highest BCUT2D eigenvalue weighted by atomic mass is 19.1. The molecule has 176 valence electrons. The third kappa shape index (κ3) is 4.20. The van der Waals surface area contributed by atoms with E-state index in [1.54, 1.807) is 6.07 Å². The van der Waals surface area contributed by atoms with E-state index in [0.717, 1.165) is 18.7 Å². The number of carbonyl (C=O) groups is 1. The molecule has 2 amide bonds. The van der Waals surface area contributed by atoms with E-state index >= 15 is 4.39 Å². The highest BCUT2D eigenvalue weighted by Gasteiger charge is 2.32. The summed E-state index contributed by atoms with van der Waals surface area (Å²) >= 11 is 0. The van der Waals surface area contributed by atoms with Crippen molar-refractivity contribution >= 4 is 17.4 Å². The van der Waals surface area contributed by atoms with E-state index in [9.17, 15) is 9.90 Å². The summed E-state index contributed by atoms with van der Waals surface area (Å²) in [6.45, 7) is 3.22. The minimum atomic E-state index is -0.580. The van der Waals surface area contributed by atoms with Crippen molar-refractivity contribution in [1.82, 2.24) is 10.3 Å². The molecule has 8 nitrogen and oxygen atoms in total. The molecular weight excluding hydrogens is 427 g/mol. The van der Waals surface area contributed by atoms with Gasteiger partial charge in [0.05, 0.1) is 26.4 Å². The topological polar surface area (TPSA) is 86.6 Å². The maximum absolute atomic E-state index is 15.8. The van der Waals surface area contributed by atoms with Gasteiger partial charge >= 0.3 is 6.03 Å². The lowest BCUT2D eigenvalue weighted by atomic mass is 9.93. The number of aliphatic hydroxyl groups is 1. The normalized spacial score (nSPS) is 20.1. The average molecular weight is 457 g/mol. The standard InChI is InChI=1S/C24H29FN4O4/c1-14-11-16-12-19(32-3)23(33-4)21(25)20(16)22(27-29(14)24(31)26-2)15-5-7-17(8-6-15)28-10-9-18(30)13-28/h5-8,12,14,18,30H,9-11,13H2,1-4H3,(H,26,31)/t14?,18-/m1/s1. The molecule has 9 heteroatoms. The van der Waals surface area contributed by atoms with Crippen LogP contribution < -0.4 is 19.7 Å². The molecule has 2 atom stereocenters. The van der Waals surface area contributed by atoms with Gasteiger partial charge in [0.2, 0.25) is 0 Å². The van der Waals surface area contributed by atoms with Gasteiger partial charge in [0.25, 0.3) is 0 Å². The fourth-order valence-corrected chi connectivity index (χ4v) is 4.45. The molecule has 0 bridgehead atoms. The zero-order valence-corrected chi connectivity index (χ0v) is 19.3. The summed E-state index contributed by atoms with van der Waals surface area (Å²) in [5.74, 6) is -0.299. The molecule has 1 fully saturated rings. The zero-order chi connectivity index (χ0) is 23.7. The first-order chi connectivity index (χ1) is 15.9. The molecular formula is C24H29FN4O4. The molecule has 2 aromatic carbocycles. The van der Waals surface area contributed by atoms with Gasteiger partial charge in [-0.15, -0.1) is 0 Å². The number of rotatable bonds is 4. The van der Waals surface area contributed by atoms with Crippen LogP contribution in [0.5, 0.6) is 11.5 Å². The van der Waals surface area contributed by atoms with Crippen LogP contribution >= 0.6 is 0 Å². The monoisotopic (exact) mass is 456 g/mol. The summed E-state index contributed by atoms with van der Waals surface area (Å²) < 4.78 is 26.4. The second kappa shape index (κ2) is 9.27. The predicted molar refractivity (Wildman–Crippen MR) is 124 cm³/mol. The number of ether oxygens (including phenoxy) is 2. The minimum Gasteiger partial charge on any atom is -0.493 e. The Morgan fingerprint density at radius 1 is 1.24 bits per heavy atom. The van der Waals surface area contributed by atoms with Gasteiger partial charge in [-0.1, -0.05) is 12.1 Å². The van der Waals surface area contributed by atoms with Gasteiger partial charge in [-0.2, -0.15) is 5.10 Å². The smallest absolute Gasteiger partial charge is 0.337 e. The van der Waals surface area contributed by atoms with Crippen molar-refractivity contribution in [2.75, 3.05) is 39.3 Å². The molecule has 2 aliphatic rings. The van der Waals surface area contributed by atoms with Crippen LogP contribution in [0.15, 0.2) is 35.4 Å².